The fraction of sp³-hybridized carbons (Fsp3) is 0.150. The summed E-state index contributed by atoms with van der Waals surface area (Å²) >= 11 is 0. The van der Waals surface area contributed by atoms with Crippen LogP contribution in [0.15, 0.2) is 54.2 Å². The number of nitriles is 1. The maximum Gasteiger partial charge on any atom is 0.338 e. The summed E-state index contributed by atoms with van der Waals surface area (Å²) in [7, 11) is 1.38. The number of rotatable bonds is 8. The molecule has 10 nitrogen and oxygen atoms in total. The molecule has 2 aromatic carbocycles. The molecule has 2 aromatic rings. The molecule has 2 rings (SSSR count). The molecule has 0 radical (unpaired) electrons. The van der Waals surface area contributed by atoms with Crippen LogP contribution in [0.2, 0.25) is 0 Å². The zero-order valence-corrected chi connectivity index (χ0v) is 16.2. The van der Waals surface area contributed by atoms with E-state index in [-0.39, 0.29) is 23.6 Å². The van der Waals surface area contributed by atoms with E-state index < -0.39 is 16.8 Å². The molecule has 0 spiro atoms. The fourth-order valence-corrected chi connectivity index (χ4v) is 2.32. The molecule has 2 N–H and O–H groups in total. The number of ether oxygens (including phenoxy) is 2. The number of hydrogen-bond acceptors (Lipinski definition) is 8. The van der Waals surface area contributed by atoms with Crippen LogP contribution >= 0.6 is 0 Å². The van der Waals surface area contributed by atoms with Crippen molar-refractivity contribution in [1.82, 2.24) is 0 Å². The van der Waals surface area contributed by atoms with Crippen LogP contribution in [0.25, 0.3) is 0 Å². The van der Waals surface area contributed by atoms with Gasteiger partial charge in [0.15, 0.2) is 0 Å². The van der Waals surface area contributed by atoms with E-state index in [1.807, 2.05) is 0 Å². The van der Waals surface area contributed by atoms with Gasteiger partial charge in [-0.2, -0.15) is 5.26 Å². The SMILES string of the molecule is CCOC(=O)c1ccc(NC(=O)/C(C#N)=C\Nc2cc([N+](=O)[O-])ccc2OC)cc1. The first kappa shape index (κ1) is 21.9. The molecule has 0 aliphatic carbocycles. The summed E-state index contributed by atoms with van der Waals surface area (Å²) in [4.78, 5) is 34.4. The number of methoxy groups -OCH3 is 1. The van der Waals surface area contributed by atoms with E-state index in [1.165, 1.54) is 49.6 Å². The van der Waals surface area contributed by atoms with Crippen molar-refractivity contribution < 1.29 is 24.0 Å². The van der Waals surface area contributed by atoms with Gasteiger partial charge in [0, 0.05) is 24.0 Å². The summed E-state index contributed by atoms with van der Waals surface area (Å²) in [6.07, 6.45) is 1.11. The van der Waals surface area contributed by atoms with Gasteiger partial charge in [-0.3, -0.25) is 14.9 Å². The molecular weight excluding hydrogens is 392 g/mol. The van der Waals surface area contributed by atoms with Gasteiger partial charge in [-0.05, 0) is 37.3 Å². The molecule has 0 heterocycles. The van der Waals surface area contributed by atoms with Crippen LogP contribution in [0.4, 0.5) is 17.1 Å². The maximum absolute atomic E-state index is 12.3. The lowest BCUT2D eigenvalue weighted by molar-refractivity contribution is -0.384. The van der Waals surface area contributed by atoms with Gasteiger partial charge in [0.2, 0.25) is 0 Å². The van der Waals surface area contributed by atoms with E-state index in [2.05, 4.69) is 10.6 Å². The van der Waals surface area contributed by atoms with Crippen molar-refractivity contribution in [3.05, 3.63) is 69.9 Å². The minimum atomic E-state index is -0.710. The summed E-state index contributed by atoms with van der Waals surface area (Å²) < 4.78 is 10.00. The van der Waals surface area contributed by atoms with Gasteiger partial charge in [0.1, 0.15) is 17.4 Å². The highest BCUT2D eigenvalue weighted by Crippen LogP contribution is 2.29. The first-order valence-corrected chi connectivity index (χ1v) is 8.67. The lowest BCUT2D eigenvalue weighted by Crippen LogP contribution is -2.15. The number of carbonyl (C=O) groups excluding carboxylic acids is 2. The van der Waals surface area contributed by atoms with E-state index in [1.54, 1.807) is 13.0 Å². The summed E-state index contributed by atoms with van der Waals surface area (Å²) in [5, 5.41) is 25.4. The van der Waals surface area contributed by atoms with Crippen molar-refractivity contribution in [2.75, 3.05) is 24.4 Å². The van der Waals surface area contributed by atoms with Gasteiger partial charge >= 0.3 is 5.97 Å². The Hall–Kier alpha value is -4.39. The number of non-ortho nitro benzene ring substituents is 1. The summed E-state index contributed by atoms with van der Waals surface area (Å²) in [5.74, 6) is -0.898. The molecule has 0 fully saturated rings. The molecule has 0 aromatic heterocycles. The third-order valence-corrected chi connectivity index (χ3v) is 3.78. The van der Waals surface area contributed by atoms with Crippen LogP contribution in [0.3, 0.4) is 0 Å². The molecule has 0 bridgehead atoms. The summed E-state index contributed by atoms with van der Waals surface area (Å²) in [5.41, 5.74) is 0.438. The Bertz CT molecular complexity index is 1020. The Balaban J connectivity index is 2.14. The number of nitro groups is 1. The number of hydrogen-bond donors (Lipinski definition) is 2. The minimum absolute atomic E-state index is 0.184. The Morgan fingerprint density at radius 1 is 1.23 bits per heavy atom. The van der Waals surface area contributed by atoms with E-state index in [9.17, 15) is 25.0 Å². The van der Waals surface area contributed by atoms with E-state index in [0.717, 1.165) is 6.20 Å². The van der Waals surface area contributed by atoms with Crippen molar-refractivity contribution in [3.63, 3.8) is 0 Å². The Morgan fingerprint density at radius 3 is 2.50 bits per heavy atom. The van der Waals surface area contributed by atoms with E-state index >= 15 is 0 Å². The maximum atomic E-state index is 12.3. The van der Waals surface area contributed by atoms with Gasteiger partial charge in [0.25, 0.3) is 11.6 Å². The van der Waals surface area contributed by atoms with Gasteiger partial charge in [-0.25, -0.2) is 4.79 Å². The third-order valence-electron chi connectivity index (χ3n) is 3.78. The van der Waals surface area contributed by atoms with Gasteiger partial charge in [-0.1, -0.05) is 0 Å². The number of nitro benzene ring substituents is 1. The van der Waals surface area contributed by atoms with Crippen LogP contribution in [0, 0.1) is 21.4 Å². The quantitative estimate of drug-likeness (QED) is 0.222. The molecule has 0 unspecified atom stereocenters. The summed E-state index contributed by atoms with van der Waals surface area (Å²) in [6, 6.07) is 11.6. The van der Waals surface area contributed by atoms with Crippen molar-refractivity contribution in [2.45, 2.75) is 6.92 Å². The first-order chi connectivity index (χ1) is 14.4. The highest BCUT2D eigenvalue weighted by Gasteiger charge is 2.13. The normalized spacial score (nSPS) is 10.5. The standard InChI is InChI=1S/C20H18N4O6/c1-3-30-20(26)13-4-6-15(7-5-13)23-19(25)14(11-21)12-22-17-10-16(24(27)28)8-9-18(17)29-2/h4-10,12,22H,3H2,1-2H3,(H,23,25)/b14-12-. The van der Waals surface area contributed by atoms with Crippen molar-refractivity contribution in [3.8, 4) is 11.8 Å². The zero-order valence-electron chi connectivity index (χ0n) is 16.2. The van der Waals surface area contributed by atoms with Crippen LogP contribution in [0.1, 0.15) is 17.3 Å². The Morgan fingerprint density at radius 2 is 1.93 bits per heavy atom. The molecule has 0 saturated heterocycles. The molecule has 154 valence electrons. The monoisotopic (exact) mass is 410 g/mol. The predicted octanol–water partition coefficient (Wildman–Crippen LogP) is 3.24. The zero-order chi connectivity index (χ0) is 22.1. The first-order valence-electron chi connectivity index (χ1n) is 8.67. The molecule has 0 atom stereocenters. The fourth-order valence-electron chi connectivity index (χ4n) is 2.32. The van der Waals surface area contributed by atoms with Crippen LogP contribution in [-0.4, -0.2) is 30.5 Å². The minimum Gasteiger partial charge on any atom is -0.495 e. The average molecular weight is 410 g/mol. The predicted molar refractivity (Wildman–Crippen MR) is 108 cm³/mol. The number of nitrogens with zero attached hydrogens (tertiary/aromatic N) is 2. The largest absolute Gasteiger partial charge is 0.495 e. The Labute approximate surface area is 171 Å². The lowest BCUT2D eigenvalue weighted by Gasteiger charge is -2.09. The van der Waals surface area contributed by atoms with Gasteiger partial charge in [-0.15, -0.1) is 0 Å². The topological polar surface area (TPSA) is 144 Å². The molecule has 30 heavy (non-hydrogen) atoms. The molecule has 10 heteroatoms. The number of carbonyl (C=O) groups is 2. The second-order valence-electron chi connectivity index (χ2n) is 5.71. The number of nitrogens with one attached hydrogen (secondary N) is 2. The average Bonchev–Trinajstić information content (AvgIpc) is 2.74. The Kier molecular flexibility index (Phi) is 7.47. The van der Waals surface area contributed by atoms with E-state index in [0.29, 0.717) is 17.0 Å². The number of esters is 1. The molecule has 1 amide bonds. The number of amides is 1. The molecular formula is C20H18N4O6. The molecule has 0 aliphatic rings. The second kappa shape index (κ2) is 10.2. The van der Waals surface area contributed by atoms with Crippen molar-refractivity contribution >= 4 is 28.9 Å². The van der Waals surface area contributed by atoms with Crippen LogP contribution in [0.5, 0.6) is 5.75 Å². The number of anilines is 2. The highest BCUT2D eigenvalue weighted by molar-refractivity contribution is 6.07. The molecule has 0 aliphatic heterocycles. The summed E-state index contributed by atoms with van der Waals surface area (Å²) in [6.45, 7) is 1.94. The van der Waals surface area contributed by atoms with Crippen LogP contribution < -0.4 is 15.4 Å². The van der Waals surface area contributed by atoms with Gasteiger partial charge in [0.05, 0.1) is 29.9 Å². The van der Waals surface area contributed by atoms with Gasteiger partial charge < -0.3 is 20.1 Å². The van der Waals surface area contributed by atoms with Crippen molar-refractivity contribution in [1.29, 1.82) is 5.26 Å². The highest BCUT2D eigenvalue weighted by atomic mass is 16.6. The third kappa shape index (κ3) is 5.56. The number of benzene rings is 2. The smallest absolute Gasteiger partial charge is 0.338 e. The van der Waals surface area contributed by atoms with Crippen molar-refractivity contribution in [2.24, 2.45) is 0 Å². The van der Waals surface area contributed by atoms with Crippen LogP contribution in [-0.2, 0) is 9.53 Å². The van der Waals surface area contributed by atoms with E-state index in [4.69, 9.17) is 9.47 Å². The lowest BCUT2D eigenvalue weighted by atomic mass is 10.2. The molecule has 0 saturated carbocycles. The second-order valence-corrected chi connectivity index (χ2v) is 5.71.